The number of hydrogen-bond acceptors (Lipinski definition) is 6. The number of halogens is 3. The van der Waals surface area contributed by atoms with E-state index in [4.69, 9.17) is 10.9 Å². The van der Waals surface area contributed by atoms with Gasteiger partial charge >= 0.3 is 6.18 Å². The maximum atomic E-state index is 12.6. The molecule has 0 unspecified atom stereocenters. The van der Waals surface area contributed by atoms with Crippen LogP contribution in [0.1, 0.15) is 21.6 Å². The summed E-state index contributed by atoms with van der Waals surface area (Å²) in [5.74, 6) is -2.87. The monoisotopic (exact) mass is 529 g/mol. The zero-order chi connectivity index (χ0) is 25.8. The highest BCUT2D eigenvalue weighted by Crippen LogP contribution is 2.38. The molecule has 15 heteroatoms. The second kappa shape index (κ2) is 8.35. The van der Waals surface area contributed by atoms with Gasteiger partial charge in [-0.15, -0.1) is 0 Å². The first kappa shape index (κ1) is 24.7. The van der Waals surface area contributed by atoms with Gasteiger partial charge in [-0.2, -0.15) is 18.3 Å². The number of hydrogen-bond donors (Lipinski definition) is 3. The average molecular weight is 530 g/mol. The number of aryl methyl sites for hydroxylation is 1. The van der Waals surface area contributed by atoms with Crippen molar-refractivity contribution in [3.8, 4) is 16.9 Å². The Hall–Kier alpha value is -3.43. The summed E-state index contributed by atoms with van der Waals surface area (Å²) < 4.78 is 88.2. The van der Waals surface area contributed by atoms with Crippen LogP contribution >= 0.6 is 0 Å². The molecule has 4 rings (SSSR count). The summed E-state index contributed by atoms with van der Waals surface area (Å²) in [5.41, 5.74) is 7.69. The molecule has 0 radical (unpaired) electrons. The number of amides is 1. The van der Waals surface area contributed by atoms with Crippen LogP contribution in [-0.4, -0.2) is 44.5 Å². The van der Waals surface area contributed by atoms with Gasteiger partial charge < -0.3 is 5.73 Å². The molecule has 0 saturated heterocycles. The zero-order valence-corrected chi connectivity index (χ0v) is 19.3. The number of nitrogens with zero attached hydrogens (tertiary/aromatic N) is 2. The Morgan fingerprint density at radius 1 is 1.06 bits per heavy atom. The lowest BCUT2D eigenvalue weighted by Gasteiger charge is -2.20. The molecule has 186 valence electrons. The van der Waals surface area contributed by atoms with E-state index < -0.39 is 37.9 Å². The highest BCUT2D eigenvalue weighted by atomic mass is 32.2. The number of nitrogens with one attached hydrogen (secondary N) is 1. The summed E-state index contributed by atoms with van der Waals surface area (Å²) in [6, 6.07) is 9.55. The average Bonchev–Trinajstić information content (AvgIpc) is 3.11. The van der Waals surface area contributed by atoms with E-state index in [-0.39, 0.29) is 16.3 Å². The smallest absolute Gasteiger partial charge is 0.364 e. The quantitative estimate of drug-likeness (QED) is 0.439. The number of primary sulfonamides is 1. The van der Waals surface area contributed by atoms with E-state index in [0.717, 1.165) is 5.56 Å². The van der Waals surface area contributed by atoms with Crippen LogP contribution in [0.5, 0.6) is 0 Å². The van der Waals surface area contributed by atoms with Crippen molar-refractivity contribution < 1.29 is 34.8 Å². The van der Waals surface area contributed by atoms with Crippen molar-refractivity contribution in [2.45, 2.75) is 23.9 Å². The molecule has 0 bridgehead atoms. The predicted molar refractivity (Wildman–Crippen MR) is 120 cm³/mol. The van der Waals surface area contributed by atoms with E-state index in [2.05, 4.69) is 5.10 Å². The number of benzene rings is 2. The molecule has 3 aromatic rings. The summed E-state index contributed by atoms with van der Waals surface area (Å²) >= 11 is 0. The SMILES string of the molecule is NC(=O)c1nn(-c2ccc(S(N)(=O)=O)cc2)c2c1CCc1ccc(NS(=O)(=O)CC(F)(F)F)cc1-2. The Kier molecular flexibility index (Phi) is 5.89. The summed E-state index contributed by atoms with van der Waals surface area (Å²) in [6.07, 6.45) is -4.12. The molecule has 1 heterocycles. The van der Waals surface area contributed by atoms with Crippen LogP contribution < -0.4 is 15.6 Å². The summed E-state index contributed by atoms with van der Waals surface area (Å²) in [4.78, 5) is 11.9. The number of aromatic nitrogens is 2. The maximum absolute atomic E-state index is 12.6. The van der Waals surface area contributed by atoms with Crippen LogP contribution in [0.3, 0.4) is 0 Å². The van der Waals surface area contributed by atoms with Crippen molar-refractivity contribution in [1.82, 2.24) is 9.78 Å². The Morgan fingerprint density at radius 2 is 1.71 bits per heavy atom. The molecule has 0 fully saturated rings. The van der Waals surface area contributed by atoms with Crippen LogP contribution in [0.2, 0.25) is 0 Å². The van der Waals surface area contributed by atoms with Gasteiger partial charge in [0.15, 0.2) is 11.4 Å². The summed E-state index contributed by atoms with van der Waals surface area (Å²) in [5, 5.41) is 9.41. The van der Waals surface area contributed by atoms with Gasteiger partial charge in [0.05, 0.1) is 16.3 Å². The van der Waals surface area contributed by atoms with Gasteiger partial charge in [0.2, 0.25) is 20.0 Å². The van der Waals surface area contributed by atoms with Gasteiger partial charge in [-0.05, 0) is 54.8 Å². The standard InChI is InChI=1S/C20H18F3N5O5S2/c21-20(22,23)10-34(30,31)27-12-3-1-11-2-8-15-17(19(24)29)26-28(18(15)16(11)9-12)13-4-6-14(7-5-13)35(25,32)33/h1,3-7,9,27H,2,8,10H2,(H2,24,29)(H2,25,32,33). The Morgan fingerprint density at radius 3 is 2.29 bits per heavy atom. The number of nitrogens with two attached hydrogens (primary N) is 2. The summed E-state index contributed by atoms with van der Waals surface area (Å²) in [6.45, 7) is 0. The lowest BCUT2D eigenvalue weighted by molar-refractivity contribution is -0.106. The Labute approximate surface area is 197 Å². The largest absolute Gasteiger partial charge is 0.404 e. The minimum Gasteiger partial charge on any atom is -0.364 e. The number of sulfonamides is 2. The molecule has 0 aliphatic heterocycles. The molecule has 0 atom stereocenters. The molecule has 0 spiro atoms. The minimum absolute atomic E-state index is 0.0378. The van der Waals surface area contributed by atoms with Crippen LogP contribution in [0.4, 0.5) is 18.9 Å². The van der Waals surface area contributed by atoms with Gasteiger partial charge in [-0.3, -0.25) is 9.52 Å². The molecule has 10 nitrogen and oxygen atoms in total. The van der Waals surface area contributed by atoms with E-state index in [1.807, 2.05) is 4.72 Å². The highest BCUT2D eigenvalue weighted by molar-refractivity contribution is 7.92. The number of primary amides is 1. The van der Waals surface area contributed by atoms with Crippen molar-refractivity contribution in [3.63, 3.8) is 0 Å². The first-order valence-electron chi connectivity index (χ1n) is 9.90. The molecular weight excluding hydrogens is 511 g/mol. The first-order valence-corrected chi connectivity index (χ1v) is 13.1. The highest BCUT2D eigenvalue weighted by Gasteiger charge is 2.35. The van der Waals surface area contributed by atoms with E-state index in [9.17, 15) is 34.8 Å². The van der Waals surface area contributed by atoms with Crippen molar-refractivity contribution in [3.05, 3.63) is 59.3 Å². The number of alkyl halides is 3. The Bertz CT molecular complexity index is 1550. The maximum Gasteiger partial charge on any atom is 0.404 e. The topological polar surface area (TPSA) is 167 Å². The third-order valence-electron chi connectivity index (χ3n) is 5.26. The molecule has 1 aliphatic carbocycles. The fraction of sp³-hybridized carbons (Fsp3) is 0.200. The normalized spacial score (nSPS) is 13.7. The van der Waals surface area contributed by atoms with E-state index in [1.54, 1.807) is 6.07 Å². The third-order valence-corrected chi connectivity index (χ3v) is 7.45. The number of rotatable bonds is 6. The molecule has 1 aromatic heterocycles. The fourth-order valence-electron chi connectivity index (χ4n) is 3.89. The van der Waals surface area contributed by atoms with Gasteiger partial charge in [-0.25, -0.2) is 26.7 Å². The van der Waals surface area contributed by atoms with E-state index >= 15 is 0 Å². The molecule has 2 aromatic carbocycles. The summed E-state index contributed by atoms with van der Waals surface area (Å²) in [7, 11) is -8.69. The third kappa shape index (κ3) is 5.16. The molecule has 35 heavy (non-hydrogen) atoms. The predicted octanol–water partition coefficient (Wildman–Crippen LogP) is 1.69. The fourth-order valence-corrected chi connectivity index (χ4v) is 5.40. The molecule has 1 aliphatic rings. The molecule has 5 N–H and O–H groups in total. The van der Waals surface area contributed by atoms with E-state index in [0.29, 0.717) is 35.3 Å². The van der Waals surface area contributed by atoms with Crippen LogP contribution in [-0.2, 0) is 32.9 Å². The van der Waals surface area contributed by atoms with Gasteiger partial charge in [0.1, 0.15) is 0 Å². The van der Waals surface area contributed by atoms with E-state index in [1.165, 1.54) is 41.1 Å². The van der Waals surface area contributed by atoms with Gasteiger partial charge in [0.25, 0.3) is 5.91 Å². The molecular formula is C20H18F3N5O5S2. The van der Waals surface area contributed by atoms with Crippen LogP contribution in [0.15, 0.2) is 47.4 Å². The number of anilines is 1. The van der Waals surface area contributed by atoms with Gasteiger partial charge in [-0.1, -0.05) is 6.07 Å². The molecule has 0 saturated carbocycles. The number of carbonyl (C=O) groups excluding carboxylic acids is 1. The van der Waals surface area contributed by atoms with Gasteiger partial charge in [0, 0.05) is 16.8 Å². The second-order valence-corrected chi connectivity index (χ2v) is 11.1. The van der Waals surface area contributed by atoms with Crippen molar-refractivity contribution in [2.75, 3.05) is 10.5 Å². The Balaban J connectivity index is 1.84. The van der Waals surface area contributed by atoms with Crippen LogP contribution in [0, 0.1) is 0 Å². The van der Waals surface area contributed by atoms with Crippen molar-refractivity contribution in [1.29, 1.82) is 0 Å². The van der Waals surface area contributed by atoms with Crippen LogP contribution in [0.25, 0.3) is 16.9 Å². The zero-order valence-electron chi connectivity index (χ0n) is 17.7. The van der Waals surface area contributed by atoms with Crippen molar-refractivity contribution >= 4 is 31.6 Å². The lowest BCUT2D eigenvalue weighted by atomic mass is 9.88. The lowest BCUT2D eigenvalue weighted by Crippen LogP contribution is -2.27. The second-order valence-electron chi connectivity index (χ2n) is 7.84. The minimum atomic E-state index is -4.93. The first-order chi connectivity index (χ1) is 16.1. The number of fused-ring (bicyclic) bond motifs is 3. The van der Waals surface area contributed by atoms with Crippen molar-refractivity contribution in [2.24, 2.45) is 10.9 Å². The number of carbonyl (C=O) groups is 1. The molecule has 1 amide bonds.